The SMILES string of the molecule is CC1CCCNC1CNC(=O)C1CCCCC1. The van der Waals surface area contributed by atoms with Crippen molar-refractivity contribution in [3.8, 4) is 0 Å². The number of hydrogen-bond donors (Lipinski definition) is 2. The van der Waals surface area contributed by atoms with E-state index in [2.05, 4.69) is 17.6 Å². The second kappa shape index (κ2) is 6.39. The molecule has 0 aromatic carbocycles. The number of carbonyl (C=O) groups excluding carboxylic acids is 1. The van der Waals surface area contributed by atoms with Crippen LogP contribution in [0.25, 0.3) is 0 Å². The zero-order chi connectivity index (χ0) is 12.1. The summed E-state index contributed by atoms with van der Waals surface area (Å²) in [5.41, 5.74) is 0. The van der Waals surface area contributed by atoms with Gasteiger partial charge in [-0.2, -0.15) is 0 Å². The van der Waals surface area contributed by atoms with Crippen LogP contribution >= 0.6 is 0 Å². The van der Waals surface area contributed by atoms with Crippen LogP contribution < -0.4 is 10.6 Å². The molecule has 1 saturated carbocycles. The molecule has 0 bridgehead atoms. The average molecular weight is 238 g/mol. The molecular formula is C14H26N2O. The topological polar surface area (TPSA) is 41.1 Å². The summed E-state index contributed by atoms with van der Waals surface area (Å²) in [6.07, 6.45) is 8.53. The number of nitrogens with one attached hydrogen (secondary N) is 2. The summed E-state index contributed by atoms with van der Waals surface area (Å²) in [5.74, 6) is 1.28. The number of rotatable bonds is 3. The summed E-state index contributed by atoms with van der Waals surface area (Å²) in [6.45, 7) is 4.20. The fourth-order valence-corrected chi connectivity index (χ4v) is 3.11. The lowest BCUT2D eigenvalue weighted by Gasteiger charge is -2.31. The first-order valence-corrected chi connectivity index (χ1v) is 7.28. The summed E-state index contributed by atoms with van der Waals surface area (Å²) in [6, 6.07) is 0.483. The normalized spacial score (nSPS) is 31.1. The number of amides is 1. The Kier molecular flexibility index (Phi) is 4.84. The van der Waals surface area contributed by atoms with Gasteiger partial charge in [-0.15, -0.1) is 0 Å². The molecule has 1 aliphatic heterocycles. The van der Waals surface area contributed by atoms with E-state index in [-0.39, 0.29) is 0 Å². The third-order valence-corrected chi connectivity index (χ3v) is 4.40. The van der Waals surface area contributed by atoms with Crippen LogP contribution in [0.5, 0.6) is 0 Å². The van der Waals surface area contributed by atoms with E-state index in [9.17, 15) is 4.79 Å². The Bertz CT molecular complexity index is 249. The summed E-state index contributed by atoms with van der Waals surface area (Å²) < 4.78 is 0. The van der Waals surface area contributed by atoms with Gasteiger partial charge in [-0.1, -0.05) is 26.2 Å². The summed E-state index contributed by atoms with van der Waals surface area (Å²) in [7, 11) is 0. The number of carbonyl (C=O) groups is 1. The highest BCUT2D eigenvalue weighted by Gasteiger charge is 2.24. The van der Waals surface area contributed by atoms with Crippen molar-refractivity contribution in [1.82, 2.24) is 10.6 Å². The van der Waals surface area contributed by atoms with Crippen molar-refractivity contribution in [3.63, 3.8) is 0 Å². The Morgan fingerprint density at radius 3 is 2.65 bits per heavy atom. The van der Waals surface area contributed by atoms with Crippen molar-refractivity contribution in [3.05, 3.63) is 0 Å². The van der Waals surface area contributed by atoms with Gasteiger partial charge in [-0.3, -0.25) is 4.79 Å². The second-order valence-corrected chi connectivity index (χ2v) is 5.76. The average Bonchev–Trinajstić information content (AvgIpc) is 2.38. The Morgan fingerprint density at radius 2 is 1.94 bits per heavy atom. The minimum Gasteiger partial charge on any atom is -0.354 e. The van der Waals surface area contributed by atoms with Crippen molar-refractivity contribution in [2.75, 3.05) is 13.1 Å². The highest BCUT2D eigenvalue weighted by molar-refractivity contribution is 5.78. The highest BCUT2D eigenvalue weighted by atomic mass is 16.1. The molecule has 0 aromatic heterocycles. The van der Waals surface area contributed by atoms with Crippen LogP contribution in [-0.2, 0) is 4.79 Å². The van der Waals surface area contributed by atoms with Crippen LogP contribution in [0.1, 0.15) is 51.9 Å². The molecule has 2 N–H and O–H groups in total. The van der Waals surface area contributed by atoms with Crippen LogP contribution in [-0.4, -0.2) is 25.0 Å². The molecule has 0 radical (unpaired) electrons. The third-order valence-electron chi connectivity index (χ3n) is 4.40. The van der Waals surface area contributed by atoms with E-state index in [4.69, 9.17) is 0 Å². The van der Waals surface area contributed by atoms with Gasteiger partial charge >= 0.3 is 0 Å². The van der Waals surface area contributed by atoms with Crippen molar-refractivity contribution in [2.45, 2.75) is 57.9 Å². The quantitative estimate of drug-likeness (QED) is 0.790. The lowest BCUT2D eigenvalue weighted by Crippen LogP contribution is -2.48. The van der Waals surface area contributed by atoms with Gasteiger partial charge in [0.2, 0.25) is 5.91 Å². The lowest BCUT2D eigenvalue weighted by molar-refractivity contribution is -0.126. The van der Waals surface area contributed by atoms with Gasteiger partial charge in [0.15, 0.2) is 0 Å². The van der Waals surface area contributed by atoms with Crippen molar-refractivity contribution < 1.29 is 4.79 Å². The van der Waals surface area contributed by atoms with Crippen molar-refractivity contribution >= 4 is 5.91 Å². The molecule has 1 heterocycles. The van der Waals surface area contributed by atoms with E-state index in [0.29, 0.717) is 23.8 Å². The largest absolute Gasteiger partial charge is 0.354 e. The fourth-order valence-electron chi connectivity index (χ4n) is 3.11. The van der Waals surface area contributed by atoms with Crippen LogP contribution in [0.15, 0.2) is 0 Å². The predicted molar refractivity (Wildman–Crippen MR) is 69.8 cm³/mol. The predicted octanol–water partition coefficient (Wildman–Crippen LogP) is 2.07. The zero-order valence-electron chi connectivity index (χ0n) is 11.0. The Balaban J connectivity index is 1.71. The molecule has 2 aliphatic rings. The molecule has 2 unspecified atom stereocenters. The lowest BCUT2D eigenvalue weighted by atomic mass is 9.88. The summed E-state index contributed by atoms with van der Waals surface area (Å²) in [4.78, 5) is 12.0. The van der Waals surface area contributed by atoms with E-state index in [1.807, 2.05) is 0 Å². The fraction of sp³-hybridized carbons (Fsp3) is 0.929. The molecule has 2 atom stereocenters. The smallest absolute Gasteiger partial charge is 0.223 e. The maximum absolute atomic E-state index is 12.0. The molecule has 0 spiro atoms. The van der Waals surface area contributed by atoms with Gasteiger partial charge in [-0.05, 0) is 38.1 Å². The van der Waals surface area contributed by atoms with E-state index in [1.165, 1.54) is 32.1 Å². The minimum atomic E-state index is 0.294. The minimum absolute atomic E-state index is 0.294. The Morgan fingerprint density at radius 1 is 1.18 bits per heavy atom. The summed E-state index contributed by atoms with van der Waals surface area (Å²) >= 11 is 0. The molecule has 1 amide bonds. The first-order valence-electron chi connectivity index (χ1n) is 7.28. The standard InChI is InChI=1S/C14H26N2O/c1-11-6-5-9-15-13(11)10-16-14(17)12-7-3-2-4-8-12/h11-13,15H,2-10H2,1H3,(H,16,17). The van der Waals surface area contributed by atoms with E-state index >= 15 is 0 Å². The van der Waals surface area contributed by atoms with Gasteiger partial charge < -0.3 is 10.6 Å². The maximum Gasteiger partial charge on any atom is 0.223 e. The molecule has 3 heteroatoms. The van der Waals surface area contributed by atoms with Crippen LogP contribution in [0.3, 0.4) is 0 Å². The Labute approximate surface area is 105 Å². The molecule has 0 aromatic rings. The molecule has 98 valence electrons. The van der Waals surface area contributed by atoms with Gasteiger partial charge in [0.25, 0.3) is 0 Å². The third kappa shape index (κ3) is 3.70. The number of piperidine rings is 1. The first-order chi connectivity index (χ1) is 8.27. The molecule has 17 heavy (non-hydrogen) atoms. The van der Waals surface area contributed by atoms with Gasteiger partial charge in [0.05, 0.1) is 0 Å². The molecule has 1 saturated heterocycles. The summed E-state index contributed by atoms with van der Waals surface area (Å²) in [5, 5.41) is 6.66. The molecular weight excluding hydrogens is 212 g/mol. The monoisotopic (exact) mass is 238 g/mol. The molecule has 2 rings (SSSR count). The van der Waals surface area contributed by atoms with Crippen molar-refractivity contribution in [1.29, 1.82) is 0 Å². The van der Waals surface area contributed by atoms with Gasteiger partial charge in [0.1, 0.15) is 0 Å². The number of hydrogen-bond acceptors (Lipinski definition) is 2. The molecule has 1 aliphatic carbocycles. The maximum atomic E-state index is 12.0. The molecule has 3 nitrogen and oxygen atoms in total. The second-order valence-electron chi connectivity index (χ2n) is 5.76. The van der Waals surface area contributed by atoms with E-state index < -0.39 is 0 Å². The van der Waals surface area contributed by atoms with Crippen molar-refractivity contribution in [2.24, 2.45) is 11.8 Å². The van der Waals surface area contributed by atoms with Gasteiger partial charge in [-0.25, -0.2) is 0 Å². The highest BCUT2D eigenvalue weighted by Crippen LogP contribution is 2.23. The van der Waals surface area contributed by atoms with Crippen LogP contribution in [0.4, 0.5) is 0 Å². The zero-order valence-corrected chi connectivity index (χ0v) is 11.0. The Hall–Kier alpha value is -0.570. The first kappa shape index (κ1) is 12.9. The van der Waals surface area contributed by atoms with Crippen LogP contribution in [0, 0.1) is 11.8 Å². The van der Waals surface area contributed by atoms with Gasteiger partial charge in [0, 0.05) is 18.5 Å². The van der Waals surface area contributed by atoms with E-state index in [0.717, 1.165) is 25.9 Å². The van der Waals surface area contributed by atoms with Crippen LogP contribution in [0.2, 0.25) is 0 Å². The van der Waals surface area contributed by atoms with E-state index in [1.54, 1.807) is 0 Å². The molecule has 2 fully saturated rings.